The molecule has 0 fully saturated rings. The zero-order chi connectivity index (χ0) is 20.7. The van der Waals surface area contributed by atoms with Gasteiger partial charge < -0.3 is 10.3 Å². The van der Waals surface area contributed by atoms with Crippen molar-refractivity contribution in [3.63, 3.8) is 0 Å². The highest BCUT2D eigenvalue weighted by Gasteiger charge is 2.15. The van der Waals surface area contributed by atoms with Crippen LogP contribution in [0.1, 0.15) is 5.56 Å². The molecule has 0 spiro atoms. The summed E-state index contributed by atoms with van der Waals surface area (Å²) < 4.78 is 19.9. The predicted octanol–water partition coefficient (Wildman–Crippen LogP) is 4.35. The number of rotatable bonds is 4. The molecule has 0 radical (unpaired) electrons. The molecular formula is C22H15FN4O2S. The van der Waals surface area contributed by atoms with E-state index in [1.807, 2.05) is 36.4 Å². The first kappa shape index (κ1) is 18.4. The largest absolute Gasteiger partial charge is 0.423 e. The third-order valence-electron chi connectivity index (χ3n) is 4.84. The summed E-state index contributed by atoms with van der Waals surface area (Å²) in [5.74, 6) is 6.72. The molecule has 0 bridgehead atoms. The van der Waals surface area contributed by atoms with Crippen molar-refractivity contribution >= 4 is 33.5 Å². The zero-order valence-electron chi connectivity index (χ0n) is 15.6. The molecule has 0 aliphatic heterocycles. The normalized spacial score (nSPS) is 11.4. The molecule has 0 unspecified atom stereocenters. The first-order valence-electron chi connectivity index (χ1n) is 9.14. The van der Waals surface area contributed by atoms with Crippen molar-refractivity contribution < 1.29 is 8.81 Å². The Labute approximate surface area is 174 Å². The number of halogens is 1. The summed E-state index contributed by atoms with van der Waals surface area (Å²) in [6.07, 6.45) is 0. The van der Waals surface area contributed by atoms with Crippen molar-refractivity contribution in [1.29, 1.82) is 0 Å². The second-order valence-corrected chi connectivity index (χ2v) is 7.66. The molecule has 0 aliphatic carbocycles. The maximum absolute atomic E-state index is 13.2. The standard InChI is InChI=1S/C22H15FN4O2S/c23-16-8-5-14(6-9-16)21-25-26-22(27(21)24)30-12-15-11-19(28)29-18-10-7-13-3-1-2-4-17(13)20(15)18/h1-11H,12,24H2. The molecule has 5 rings (SSSR count). The molecule has 0 amide bonds. The fourth-order valence-corrected chi connectivity index (χ4v) is 4.28. The van der Waals surface area contributed by atoms with Crippen molar-refractivity contribution in [2.45, 2.75) is 10.9 Å². The Morgan fingerprint density at radius 3 is 2.67 bits per heavy atom. The van der Waals surface area contributed by atoms with E-state index in [0.717, 1.165) is 21.7 Å². The van der Waals surface area contributed by atoms with Gasteiger partial charge in [0.2, 0.25) is 5.16 Å². The summed E-state index contributed by atoms with van der Waals surface area (Å²) >= 11 is 1.36. The minimum Gasteiger partial charge on any atom is -0.423 e. The van der Waals surface area contributed by atoms with Crippen LogP contribution in [0, 0.1) is 5.82 Å². The van der Waals surface area contributed by atoms with E-state index in [-0.39, 0.29) is 5.82 Å². The number of nitrogens with two attached hydrogens (primary N) is 1. The van der Waals surface area contributed by atoms with Crippen molar-refractivity contribution in [2.75, 3.05) is 5.84 Å². The fraction of sp³-hybridized carbons (Fsp3) is 0.0455. The van der Waals surface area contributed by atoms with Gasteiger partial charge in [-0.1, -0.05) is 42.1 Å². The quantitative estimate of drug-likeness (QED) is 0.202. The van der Waals surface area contributed by atoms with Crippen LogP contribution < -0.4 is 11.5 Å². The van der Waals surface area contributed by atoms with Gasteiger partial charge in [0.05, 0.1) is 0 Å². The van der Waals surface area contributed by atoms with Crippen LogP contribution in [-0.2, 0) is 5.75 Å². The average molecular weight is 418 g/mol. The lowest BCUT2D eigenvalue weighted by Crippen LogP contribution is -2.11. The van der Waals surface area contributed by atoms with Gasteiger partial charge in [0.25, 0.3) is 0 Å². The van der Waals surface area contributed by atoms with Crippen LogP contribution in [0.5, 0.6) is 0 Å². The minimum atomic E-state index is -0.408. The molecule has 6 nitrogen and oxygen atoms in total. The SMILES string of the molecule is Nn1c(SCc2cc(=O)oc3ccc4ccccc4c23)nnc1-c1ccc(F)cc1. The molecule has 2 aromatic heterocycles. The number of nitrogens with zero attached hydrogens (tertiary/aromatic N) is 3. The predicted molar refractivity (Wildman–Crippen MR) is 115 cm³/mol. The number of hydrogen-bond acceptors (Lipinski definition) is 6. The van der Waals surface area contributed by atoms with Crippen LogP contribution in [0.25, 0.3) is 33.1 Å². The second kappa shape index (κ2) is 7.31. The van der Waals surface area contributed by atoms with E-state index in [1.54, 1.807) is 12.1 Å². The van der Waals surface area contributed by atoms with Gasteiger partial charge in [-0.2, -0.15) is 0 Å². The lowest BCUT2D eigenvalue weighted by Gasteiger charge is -2.08. The van der Waals surface area contributed by atoms with Crippen LogP contribution in [-0.4, -0.2) is 14.9 Å². The van der Waals surface area contributed by atoms with Crippen molar-refractivity contribution in [3.05, 3.63) is 88.5 Å². The lowest BCUT2D eigenvalue weighted by molar-refractivity contribution is 0.560. The van der Waals surface area contributed by atoms with E-state index < -0.39 is 5.63 Å². The molecule has 5 aromatic rings. The Morgan fingerprint density at radius 2 is 1.83 bits per heavy atom. The van der Waals surface area contributed by atoms with Gasteiger partial charge >= 0.3 is 5.63 Å². The molecule has 30 heavy (non-hydrogen) atoms. The molecule has 0 saturated heterocycles. The molecule has 8 heteroatoms. The monoisotopic (exact) mass is 418 g/mol. The van der Waals surface area contributed by atoms with Gasteiger partial charge in [0.15, 0.2) is 5.82 Å². The van der Waals surface area contributed by atoms with Crippen LogP contribution in [0.15, 0.2) is 81.1 Å². The van der Waals surface area contributed by atoms with Gasteiger partial charge in [-0.05, 0) is 46.7 Å². The summed E-state index contributed by atoms with van der Waals surface area (Å²) in [6.45, 7) is 0. The lowest BCUT2D eigenvalue weighted by atomic mass is 10.0. The van der Waals surface area contributed by atoms with Crippen LogP contribution >= 0.6 is 11.8 Å². The average Bonchev–Trinajstić information content (AvgIpc) is 3.12. The third-order valence-corrected chi connectivity index (χ3v) is 5.83. The highest BCUT2D eigenvalue weighted by atomic mass is 32.2. The Kier molecular flexibility index (Phi) is 4.48. The number of thioether (sulfide) groups is 1. The Bertz CT molecular complexity index is 1440. The fourth-order valence-electron chi connectivity index (χ4n) is 3.45. The topological polar surface area (TPSA) is 86.9 Å². The van der Waals surface area contributed by atoms with E-state index in [9.17, 15) is 9.18 Å². The van der Waals surface area contributed by atoms with E-state index in [0.29, 0.717) is 27.9 Å². The maximum Gasteiger partial charge on any atom is 0.336 e. The first-order valence-corrected chi connectivity index (χ1v) is 10.1. The van der Waals surface area contributed by atoms with Crippen LogP contribution in [0.4, 0.5) is 4.39 Å². The smallest absolute Gasteiger partial charge is 0.336 e. The molecule has 0 saturated carbocycles. The zero-order valence-corrected chi connectivity index (χ0v) is 16.4. The van der Waals surface area contributed by atoms with Gasteiger partial charge in [0.1, 0.15) is 11.4 Å². The Balaban J connectivity index is 1.52. The molecule has 148 valence electrons. The summed E-state index contributed by atoms with van der Waals surface area (Å²) in [4.78, 5) is 12.1. The van der Waals surface area contributed by atoms with Crippen LogP contribution in [0.2, 0.25) is 0 Å². The summed E-state index contributed by atoms with van der Waals surface area (Å²) in [6, 6.07) is 19.1. The van der Waals surface area contributed by atoms with E-state index >= 15 is 0 Å². The molecule has 2 heterocycles. The molecule has 3 aromatic carbocycles. The number of nitrogen functional groups attached to an aromatic ring is 1. The summed E-state index contributed by atoms with van der Waals surface area (Å²) in [5.41, 5.74) is 1.62. The molecule has 0 atom stereocenters. The van der Waals surface area contributed by atoms with Crippen molar-refractivity contribution in [1.82, 2.24) is 14.9 Å². The van der Waals surface area contributed by atoms with E-state index in [1.165, 1.54) is 34.6 Å². The summed E-state index contributed by atoms with van der Waals surface area (Å²) in [7, 11) is 0. The highest BCUT2D eigenvalue weighted by Crippen LogP contribution is 2.31. The number of fused-ring (bicyclic) bond motifs is 3. The number of benzene rings is 3. The third kappa shape index (κ3) is 3.21. The minimum absolute atomic E-state index is 0.335. The van der Waals surface area contributed by atoms with Crippen molar-refractivity contribution in [3.8, 4) is 11.4 Å². The van der Waals surface area contributed by atoms with Gasteiger partial charge in [-0.15, -0.1) is 10.2 Å². The van der Waals surface area contributed by atoms with Gasteiger partial charge in [-0.3, -0.25) is 0 Å². The van der Waals surface area contributed by atoms with Crippen molar-refractivity contribution in [2.24, 2.45) is 0 Å². The second-order valence-electron chi connectivity index (χ2n) is 6.72. The Hall–Kier alpha value is -3.65. The highest BCUT2D eigenvalue weighted by molar-refractivity contribution is 7.98. The first-order chi connectivity index (χ1) is 14.6. The van der Waals surface area contributed by atoms with Crippen LogP contribution in [0.3, 0.4) is 0 Å². The summed E-state index contributed by atoms with van der Waals surface area (Å²) in [5, 5.41) is 11.7. The van der Waals surface area contributed by atoms with E-state index in [2.05, 4.69) is 10.2 Å². The van der Waals surface area contributed by atoms with E-state index in [4.69, 9.17) is 10.3 Å². The molecular weight excluding hydrogens is 403 g/mol. The maximum atomic E-state index is 13.2. The van der Waals surface area contributed by atoms with Gasteiger partial charge in [0, 0.05) is 22.8 Å². The Morgan fingerprint density at radius 1 is 1.03 bits per heavy atom. The molecule has 2 N–H and O–H groups in total. The molecule has 0 aliphatic rings. The number of hydrogen-bond donors (Lipinski definition) is 1. The van der Waals surface area contributed by atoms with Gasteiger partial charge in [-0.25, -0.2) is 13.9 Å². The number of aromatic nitrogens is 3.